The highest BCUT2D eigenvalue weighted by Gasteiger charge is 2.20. The van der Waals surface area contributed by atoms with Crippen molar-refractivity contribution in [3.63, 3.8) is 0 Å². The maximum Gasteiger partial charge on any atom is 0.242 e. The molecule has 1 N–H and O–H groups in total. The number of imidazole rings is 1. The van der Waals surface area contributed by atoms with Gasteiger partial charge in [0.05, 0.1) is 11.0 Å². The Morgan fingerprint density at radius 3 is 2.90 bits per heavy atom. The molecule has 20 heavy (non-hydrogen) atoms. The summed E-state index contributed by atoms with van der Waals surface area (Å²) >= 11 is 11.8. The maximum atomic E-state index is 12.1. The Hall–Kier alpha value is -1.26. The Balaban J connectivity index is 2.53. The van der Waals surface area contributed by atoms with Gasteiger partial charge in [-0.3, -0.25) is 4.79 Å². The third-order valence-electron chi connectivity index (χ3n) is 3.16. The van der Waals surface area contributed by atoms with Crippen molar-refractivity contribution in [3.05, 3.63) is 29.0 Å². The number of fused-ring (bicyclic) bond motifs is 1. The van der Waals surface area contributed by atoms with Crippen molar-refractivity contribution in [2.45, 2.75) is 26.3 Å². The molecule has 1 unspecified atom stereocenters. The molecule has 2 rings (SSSR count). The van der Waals surface area contributed by atoms with Crippen LogP contribution in [-0.4, -0.2) is 27.9 Å². The van der Waals surface area contributed by atoms with E-state index in [-0.39, 0.29) is 11.9 Å². The summed E-state index contributed by atoms with van der Waals surface area (Å²) in [6.45, 7) is 4.36. The number of rotatable bonds is 5. The minimum absolute atomic E-state index is 0.0300. The molecular formula is C14H17Cl2N3O. The number of nitrogens with zero attached hydrogens (tertiary/aromatic N) is 2. The first kappa shape index (κ1) is 15.1. The lowest BCUT2D eigenvalue weighted by atomic mass is 10.2. The Morgan fingerprint density at radius 1 is 1.50 bits per heavy atom. The third-order valence-corrected chi connectivity index (χ3v) is 3.58. The molecule has 0 aliphatic carbocycles. The lowest BCUT2D eigenvalue weighted by Crippen LogP contribution is -2.31. The number of nitrogens with one attached hydrogen (secondary N) is 1. The zero-order chi connectivity index (χ0) is 14.7. The molecule has 0 radical (unpaired) electrons. The summed E-state index contributed by atoms with van der Waals surface area (Å²) in [7, 11) is 0. The predicted molar refractivity (Wildman–Crippen MR) is 82.6 cm³/mol. The number of likely N-dealkylation sites (N-methyl/N-ethyl adjacent to an activating group) is 1. The van der Waals surface area contributed by atoms with Crippen molar-refractivity contribution in [1.82, 2.24) is 14.9 Å². The minimum atomic E-state index is -0.334. The number of hydrogen-bond acceptors (Lipinski definition) is 2. The van der Waals surface area contributed by atoms with Crippen molar-refractivity contribution >= 4 is 40.1 Å². The van der Waals surface area contributed by atoms with Gasteiger partial charge in [-0.15, -0.1) is 11.6 Å². The Bertz CT molecular complexity index is 624. The zero-order valence-electron chi connectivity index (χ0n) is 11.5. The number of benzene rings is 1. The van der Waals surface area contributed by atoms with E-state index in [1.807, 2.05) is 24.5 Å². The smallest absolute Gasteiger partial charge is 0.242 e. The first-order valence-electron chi connectivity index (χ1n) is 6.58. The van der Waals surface area contributed by atoms with Crippen LogP contribution in [0.25, 0.3) is 11.0 Å². The number of carbonyl (C=O) groups is 1. The van der Waals surface area contributed by atoms with Crippen LogP contribution < -0.4 is 5.32 Å². The first-order chi connectivity index (χ1) is 9.58. The largest absolute Gasteiger partial charge is 0.355 e. The van der Waals surface area contributed by atoms with Crippen LogP contribution >= 0.6 is 23.2 Å². The lowest BCUT2D eigenvalue weighted by Gasteiger charge is -2.16. The molecule has 0 bridgehead atoms. The lowest BCUT2D eigenvalue weighted by molar-refractivity contribution is -0.123. The maximum absolute atomic E-state index is 12.1. The Kier molecular flexibility index (Phi) is 4.89. The van der Waals surface area contributed by atoms with Gasteiger partial charge < -0.3 is 9.88 Å². The molecule has 1 heterocycles. The van der Waals surface area contributed by atoms with Crippen LogP contribution in [0.1, 0.15) is 25.7 Å². The average molecular weight is 314 g/mol. The number of amides is 1. The van der Waals surface area contributed by atoms with Gasteiger partial charge >= 0.3 is 0 Å². The molecule has 4 nitrogen and oxygen atoms in total. The van der Waals surface area contributed by atoms with E-state index >= 15 is 0 Å². The van der Waals surface area contributed by atoms with Gasteiger partial charge in [0, 0.05) is 23.9 Å². The van der Waals surface area contributed by atoms with E-state index in [9.17, 15) is 4.79 Å². The molecular weight excluding hydrogens is 297 g/mol. The zero-order valence-corrected chi connectivity index (χ0v) is 13.0. The van der Waals surface area contributed by atoms with Gasteiger partial charge in [-0.25, -0.2) is 4.98 Å². The summed E-state index contributed by atoms with van der Waals surface area (Å²) in [5, 5.41) is 3.46. The Labute approximate surface area is 128 Å². The van der Waals surface area contributed by atoms with Crippen molar-refractivity contribution in [1.29, 1.82) is 0 Å². The molecule has 0 aliphatic rings. The molecule has 108 valence electrons. The fraction of sp³-hybridized carbons (Fsp3) is 0.429. The van der Waals surface area contributed by atoms with Crippen molar-refractivity contribution in [2.24, 2.45) is 0 Å². The highest BCUT2D eigenvalue weighted by Crippen LogP contribution is 2.24. The summed E-state index contributed by atoms with van der Waals surface area (Å²) in [6.07, 6.45) is 0.609. The topological polar surface area (TPSA) is 46.9 Å². The van der Waals surface area contributed by atoms with E-state index < -0.39 is 0 Å². The van der Waals surface area contributed by atoms with Gasteiger partial charge in [-0.1, -0.05) is 11.6 Å². The highest BCUT2D eigenvalue weighted by atomic mass is 35.5. The van der Waals surface area contributed by atoms with Crippen LogP contribution in [0.4, 0.5) is 0 Å². The molecule has 0 fully saturated rings. The standard InChI is InChI=1S/C14H17Cl2N3O/c1-3-17-14(20)9(2)19-12-5-4-10(16)8-11(12)18-13(19)6-7-15/h4-5,8-9H,3,6-7H2,1-2H3,(H,17,20). The number of halogens is 2. The fourth-order valence-electron chi connectivity index (χ4n) is 2.25. The second-order valence-electron chi connectivity index (χ2n) is 4.54. The molecule has 1 amide bonds. The molecule has 0 aliphatic heterocycles. The van der Waals surface area contributed by atoms with Crippen LogP contribution in [0.3, 0.4) is 0 Å². The quantitative estimate of drug-likeness (QED) is 0.862. The number of alkyl halides is 1. The van der Waals surface area contributed by atoms with Gasteiger partial charge in [0.1, 0.15) is 11.9 Å². The molecule has 1 aromatic carbocycles. The predicted octanol–water partition coefficient (Wildman–Crippen LogP) is 3.17. The number of aromatic nitrogens is 2. The monoisotopic (exact) mass is 313 g/mol. The van der Waals surface area contributed by atoms with Gasteiger partial charge in [0.2, 0.25) is 5.91 Å². The summed E-state index contributed by atoms with van der Waals surface area (Å²) in [5.74, 6) is 1.23. The van der Waals surface area contributed by atoms with E-state index in [0.717, 1.165) is 16.9 Å². The highest BCUT2D eigenvalue weighted by molar-refractivity contribution is 6.31. The fourth-order valence-corrected chi connectivity index (χ4v) is 2.59. The van der Waals surface area contributed by atoms with Gasteiger partial charge in [-0.05, 0) is 32.0 Å². The molecule has 0 spiro atoms. The summed E-state index contributed by atoms with van der Waals surface area (Å²) in [6, 6.07) is 5.16. The van der Waals surface area contributed by atoms with Crippen molar-refractivity contribution < 1.29 is 4.79 Å². The Morgan fingerprint density at radius 2 is 2.25 bits per heavy atom. The molecule has 1 aromatic heterocycles. The second-order valence-corrected chi connectivity index (χ2v) is 5.36. The number of carbonyl (C=O) groups excluding carboxylic acids is 1. The normalized spacial score (nSPS) is 12.6. The second kappa shape index (κ2) is 6.46. The summed E-state index contributed by atoms with van der Waals surface area (Å²) in [4.78, 5) is 16.6. The van der Waals surface area contributed by atoms with Crippen molar-refractivity contribution in [2.75, 3.05) is 12.4 Å². The first-order valence-corrected chi connectivity index (χ1v) is 7.49. The molecule has 0 saturated heterocycles. The van der Waals surface area contributed by atoms with E-state index in [1.54, 1.807) is 12.1 Å². The van der Waals surface area contributed by atoms with Crippen LogP contribution in [0, 0.1) is 0 Å². The van der Waals surface area contributed by atoms with E-state index in [0.29, 0.717) is 23.9 Å². The molecule has 0 saturated carbocycles. The van der Waals surface area contributed by atoms with Gasteiger partial charge in [0.15, 0.2) is 0 Å². The summed E-state index contributed by atoms with van der Waals surface area (Å²) < 4.78 is 1.93. The molecule has 6 heteroatoms. The molecule has 2 aromatic rings. The van der Waals surface area contributed by atoms with Crippen LogP contribution in [0.15, 0.2) is 18.2 Å². The van der Waals surface area contributed by atoms with Gasteiger partial charge in [0.25, 0.3) is 0 Å². The van der Waals surface area contributed by atoms with E-state index in [4.69, 9.17) is 23.2 Å². The van der Waals surface area contributed by atoms with Crippen LogP contribution in [0.2, 0.25) is 5.02 Å². The van der Waals surface area contributed by atoms with E-state index in [2.05, 4.69) is 10.3 Å². The van der Waals surface area contributed by atoms with E-state index in [1.165, 1.54) is 0 Å². The number of hydrogen-bond donors (Lipinski definition) is 1. The SMILES string of the molecule is CCNC(=O)C(C)n1c(CCCl)nc2cc(Cl)ccc21. The van der Waals surface area contributed by atoms with Crippen molar-refractivity contribution in [3.8, 4) is 0 Å². The minimum Gasteiger partial charge on any atom is -0.355 e. The summed E-state index contributed by atoms with van der Waals surface area (Å²) in [5.41, 5.74) is 1.68. The number of aryl methyl sites for hydroxylation is 1. The van der Waals surface area contributed by atoms with Gasteiger partial charge in [-0.2, -0.15) is 0 Å². The van der Waals surface area contributed by atoms with Crippen LogP contribution in [-0.2, 0) is 11.2 Å². The third kappa shape index (κ3) is 2.91. The average Bonchev–Trinajstić information content (AvgIpc) is 2.75. The van der Waals surface area contributed by atoms with Crippen LogP contribution in [0.5, 0.6) is 0 Å². The molecule has 1 atom stereocenters.